The first-order chi connectivity index (χ1) is 12.7. The maximum atomic E-state index is 12.6. The Morgan fingerprint density at radius 1 is 1.04 bits per heavy atom. The molecule has 6 nitrogen and oxygen atoms in total. The zero-order chi connectivity index (χ0) is 19.9. The zero-order valence-corrected chi connectivity index (χ0v) is 17.7. The Bertz CT molecular complexity index is 698. The number of hydrogen-bond acceptors (Lipinski definition) is 5. The third kappa shape index (κ3) is 7.99. The van der Waals surface area contributed by atoms with Crippen LogP contribution in [-0.4, -0.2) is 87.9 Å². The summed E-state index contributed by atoms with van der Waals surface area (Å²) in [6, 6.07) is 7.62. The van der Waals surface area contributed by atoms with Gasteiger partial charge >= 0.3 is 0 Å². The Balaban J connectivity index is 1.81. The van der Waals surface area contributed by atoms with Gasteiger partial charge < -0.3 is 14.7 Å². The minimum atomic E-state index is -2.95. The molecule has 0 aromatic heterocycles. The maximum absolute atomic E-state index is 12.6. The van der Waals surface area contributed by atoms with Gasteiger partial charge in [-0.3, -0.25) is 4.79 Å². The second-order valence-corrected chi connectivity index (χ2v) is 9.95. The highest BCUT2D eigenvalue weighted by Crippen LogP contribution is 2.11. The van der Waals surface area contributed by atoms with Crippen LogP contribution in [0.3, 0.4) is 0 Å². The van der Waals surface area contributed by atoms with E-state index in [2.05, 4.69) is 4.90 Å². The van der Waals surface area contributed by atoms with Gasteiger partial charge in [-0.05, 0) is 50.7 Å². The molecular weight excluding hydrogens is 362 g/mol. The van der Waals surface area contributed by atoms with Crippen molar-refractivity contribution in [3.8, 4) is 0 Å². The summed E-state index contributed by atoms with van der Waals surface area (Å²) in [4.78, 5) is 18.8. The number of nitrogens with zero attached hydrogens (tertiary/aromatic N) is 3. The van der Waals surface area contributed by atoms with Gasteiger partial charge in [-0.25, -0.2) is 8.42 Å². The lowest BCUT2D eigenvalue weighted by Crippen LogP contribution is -2.38. The molecule has 1 aromatic carbocycles. The van der Waals surface area contributed by atoms with Crippen molar-refractivity contribution in [1.82, 2.24) is 14.7 Å². The van der Waals surface area contributed by atoms with Crippen molar-refractivity contribution in [2.45, 2.75) is 25.8 Å². The van der Waals surface area contributed by atoms with E-state index < -0.39 is 9.84 Å². The molecule has 7 heteroatoms. The van der Waals surface area contributed by atoms with Crippen molar-refractivity contribution in [2.75, 3.05) is 58.8 Å². The van der Waals surface area contributed by atoms with Crippen molar-refractivity contribution in [2.24, 2.45) is 0 Å². The highest BCUT2D eigenvalue weighted by atomic mass is 32.2. The van der Waals surface area contributed by atoms with Crippen molar-refractivity contribution < 1.29 is 13.2 Å². The van der Waals surface area contributed by atoms with E-state index in [1.807, 2.05) is 43.3 Å². The number of carbonyl (C=O) groups is 1. The van der Waals surface area contributed by atoms with Crippen molar-refractivity contribution in [1.29, 1.82) is 0 Å². The van der Waals surface area contributed by atoms with Gasteiger partial charge in [0.2, 0.25) is 0 Å². The van der Waals surface area contributed by atoms with Gasteiger partial charge in [-0.2, -0.15) is 0 Å². The lowest BCUT2D eigenvalue weighted by atomic mass is 10.1. The third-order valence-electron chi connectivity index (χ3n) is 5.04. The summed E-state index contributed by atoms with van der Waals surface area (Å²) in [6.45, 7) is 5.13. The predicted molar refractivity (Wildman–Crippen MR) is 110 cm³/mol. The van der Waals surface area contributed by atoms with Crippen LogP contribution in [-0.2, 0) is 16.4 Å². The predicted octanol–water partition coefficient (Wildman–Crippen LogP) is 1.72. The highest BCUT2D eigenvalue weighted by Gasteiger charge is 2.15. The molecule has 0 saturated carbocycles. The zero-order valence-electron chi connectivity index (χ0n) is 16.9. The second kappa shape index (κ2) is 10.2. The van der Waals surface area contributed by atoms with Gasteiger partial charge in [0.25, 0.3) is 5.91 Å². The first-order valence-electron chi connectivity index (χ1n) is 9.67. The van der Waals surface area contributed by atoms with Gasteiger partial charge in [-0.15, -0.1) is 0 Å². The maximum Gasteiger partial charge on any atom is 0.253 e. The van der Waals surface area contributed by atoms with Gasteiger partial charge in [0.05, 0.1) is 5.75 Å². The number of likely N-dealkylation sites (tertiary alicyclic amines) is 1. The van der Waals surface area contributed by atoms with Gasteiger partial charge in [-0.1, -0.05) is 18.6 Å². The van der Waals surface area contributed by atoms with Crippen molar-refractivity contribution in [3.05, 3.63) is 35.4 Å². The number of benzene rings is 1. The van der Waals surface area contributed by atoms with E-state index in [0.29, 0.717) is 18.7 Å². The molecular formula is C20H33N3O3S. The van der Waals surface area contributed by atoms with Crippen LogP contribution < -0.4 is 0 Å². The molecule has 0 bridgehead atoms. The molecule has 1 aromatic rings. The summed E-state index contributed by atoms with van der Waals surface area (Å²) < 4.78 is 22.5. The minimum Gasteiger partial charge on any atom is -0.340 e. The minimum absolute atomic E-state index is 0.0454. The molecule has 27 heavy (non-hydrogen) atoms. The van der Waals surface area contributed by atoms with Crippen LogP contribution in [0.5, 0.6) is 0 Å². The van der Waals surface area contributed by atoms with Crippen LogP contribution in [0.1, 0.15) is 35.2 Å². The Labute approximate surface area is 164 Å². The van der Waals surface area contributed by atoms with E-state index in [0.717, 1.165) is 31.7 Å². The molecule has 0 radical (unpaired) electrons. The summed E-state index contributed by atoms with van der Waals surface area (Å²) >= 11 is 0. The number of sulfone groups is 1. The molecule has 1 saturated heterocycles. The molecule has 0 aliphatic carbocycles. The number of amides is 1. The summed E-state index contributed by atoms with van der Waals surface area (Å²) in [5, 5.41) is 0. The smallest absolute Gasteiger partial charge is 0.253 e. The monoisotopic (exact) mass is 395 g/mol. The fourth-order valence-electron chi connectivity index (χ4n) is 3.26. The molecule has 1 aliphatic rings. The number of rotatable bonds is 9. The molecule has 2 rings (SSSR count). The summed E-state index contributed by atoms with van der Waals surface area (Å²) in [5.41, 5.74) is 1.76. The van der Waals surface area contributed by atoms with E-state index in [-0.39, 0.29) is 11.7 Å². The highest BCUT2D eigenvalue weighted by molar-refractivity contribution is 7.90. The van der Waals surface area contributed by atoms with E-state index in [1.54, 1.807) is 4.90 Å². The van der Waals surface area contributed by atoms with Gasteiger partial charge in [0.15, 0.2) is 0 Å². The largest absolute Gasteiger partial charge is 0.340 e. The van der Waals surface area contributed by atoms with Crippen molar-refractivity contribution >= 4 is 15.7 Å². The van der Waals surface area contributed by atoms with Crippen LogP contribution >= 0.6 is 0 Å². The molecule has 0 N–H and O–H groups in total. The standard InChI is InChI=1S/C20H33N3O3S/c1-21(15-16-27(3,25)26)17-18-7-9-19(10-8-18)20(24)22(2)13-14-23-11-5-4-6-12-23/h7-10H,4-6,11-17H2,1-3H3. The van der Waals surface area contributed by atoms with Crippen LogP contribution in [0.15, 0.2) is 24.3 Å². The topological polar surface area (TPSA) is 60.9 Å². The average molecular weight is 396 g/mol. The van der Waals surface area contributed by atoms with Crippen LogP contribution in [0.2, 0.25) is 0 Å². The normalized spacial score (nSPS) is 15.9. The first kappa shape index (κ1) is 21.9. The quantitative estimate of drug-likeness (QED) is 0.637. The van der Waals surface area contributed by atoms with Crippen LogP contribution in [0.25, 0.3) is 0 Å². The first-order valence-corrected chi connectivity index (χ1v) is 11.7. The Morgan fingerprint density at radius 2 is 1.67 bits per heavy atom. The molecule has 152 valence electrons. The van der Waals surface area contributed by atoms with E-state index in [4.69, 9.17) is 0 Å². The lowest BCUT2D eigenvalue weighted by molar-refractivity contribution is 0.0773. The molecule has 1 fully saturated rings. The van der Waals surface area contributed by atoms with Crippen LogP contribution in [0.4, 0.5) is 0 Å². The molecule has 0 spiro atoms. The fraction of sp³-hybridized carbons (Fsp3) is 0.650. The Kier molecular flexibility index (Phi) is 8.26. The number of piperidine rings is 1. The fourth-order valence-corrected chi connectivity index (χ4v) is 3.90. The average Bonchev–Trinajstić information content (AvgIpc) is 2.65. The lowest BCUT2D eigenvalue weighted by Gasteiger charge is -2.28. The van der Waals surface area contributed by atoms with Gasteiger partial charge in [0.1, 0.15) is 9.84 Å². The molecule has 0 atom stereocenters. The SMILES string of the molecule is CN(CCS(C)(=O)=O)Cc1ccc(C(=O)N(C)CCN2CCCCC2)cc1. The van der Waals surface area contributed by atoms with Crippen LogP contribution in [0, 0.1) is 0 Å². The molecule has 1 aliphatic heterocycles. The molecule has 0 unspecified atom stereocenters. The number of carbonyl (C=O) groups excluding carboxylic acids is 1. The summed E-state index contributed by atoms with van der Waals surface area (Å²) in [5.74, 6) is 0.200. The Hall–Kier alpha value is -1.44. The second-order valence-electron chi connectivity index (χ2n) is 7.69. The van der Waals surface area contributed by atoms with Crippen molar-refractivity contribution in [3.63, 3.8) is 0 Å². The number of hydrogen-bond donors (Lipinski definition) is 0. The van der Waals surface area contributed by atoms with Gasteiger partial charge in [0, 0.05) is 45.0 Å². The molecule has 1 amide bonds. The summed E-state index contributed by atoms with van der Waals surface area (Å²) in [6.07, 6.45) is 5.10. The van der Waals surface area contributed by atoms with E-state index >= 15 is 0 Å². The third-order valence-corrected chi connectivity index (χ3v) is 5.97. The Morgan fingerprint density at radius 3 is 2.26 bits per heavy atom. The summed E-state index contributed by atoms with van der Waals surface area (Å²) in [7, 11) is 0.814. The number of likely N-dealkylation sites (N-methyl/N-ethyl adjacent to an activating group) is 1. The van der Waals surface area contributed by atoms with E-state index in [9.17, 15) is 13.2 Å². The van der Waals surface area contributed by atoms with E-state index in [1.165, 1.54) is 25.5 Å². The molecule has 1 heterocycles.